The maximum Gasteiger partial charge on any atom is 0.270 e. The lowest BCUT2D eigenvalue weighted by Crippen LogP contribution is -2.43. The average Bonchev–Trinajstić information content (AvgIpc) is 3.36. The zero-order chi connectivity index (χ0) is 27.4. The van der Waals surface area contributed by atoms with Crippen molar-refractivity contribution < 1.29 is 29.0 Å². The number of methoxy groups -OCH3 is 1. The second kappa shape index (κ2) is 10.5. The zero-order valence-electron chi connectivity index (χ0n) is 19.7. The van der Waals surface area contributed by atoms with Crippen molar-refractivity contribution in [1.82, 2.24) is 9.67 Å². The van der Waals surface area contributed by atoms with Crippen LogP contribution in [0.2, 0.25) is 0 Å². The van der Waals surface area contributed by atoms with E-state index in [4.69, 9.17) is 4.74 Å². The fourth-order valence-corrected chi connectivity index (χ4v) is 3.77. The lowest BCUT2D eigenvalue weighted by atomic mass is 9.95. The molecular weight excluding hydrogens is 500 g/mol. The van der Waals surface area contributed by atoms with Gasteiger partial charge in [-0.05, 0) is 24.3 Å². The largest absolute Gasteiger partial charge is 0.497 e. The Labute approximate surface area is 213 Å². The van der Waals surface area contributed by atoms with E-state index >= 15 is 0 Å². The van der Waals surface area contributed by atoms with Gasteiger partial charge in [0.15, 0.2) is 0 Å². The minimum atomic E-state index is -0.946. The lowest BCUT2D eigenvalue weighted by molar-refractivity contribution is -0.705. The van der Waals surface area contributed by atoms with Gasteiger partial charge in [-0.2, -0.15) is 4.68 Å². The number of nitro groups is 3. The number of carbonyl (C=O) groups is 1. The van der Waals surface area contributed by atoms with Crippen LogP contribution in [0, 0.1) is 36.4 Å². The van der Waals surface area contributed by atoms with Gasteiger partial charge in [0.1, 0.15) is 18.3 Å². The Morgan fingerprint density at radius 3 is 2.08 bits per heavy atom. The summed E-state index contributed by atoms with van der Waals surface area (Å²) in [5.74, 6) is 0.307. The van der Waals surface area contributed by atoms with Crippen molar-refractivity contribution in [3.05, 3.63) is 132 Å². The molecule has 0 spiro atoms. The fourth-order valence-electron chi connectivity index (χ4n) is 3.77. The summed E-state index contributed by atoms with van der Waals surface area (Å²) in [6, 6.07) is 15.7. The monoisotopic (exact) mass is 518 g/mol. The van der Waals surface area contributed by atoms with Crippen LogP contribution >= 0.6 is 0 Å². The van der Waals surface area contributed by atoms with Gasteiger partial charge in [-0.3, -0.25) is 35.1 Å². The summed E-state index contributed by atoms with van der Waals surface area (Å²) >= 11 is 0. The van der Waals surface area contributed by atoms with Crippen molar-refractivity contribution in [3.8, 4) is 5.75 Å². The van der Waals surface area contributed by atoms with Gasteiger partial charge in [-0.25, -0.2) is 4.57 Å². The highest BCUT2D eigenvalue weighted by Crippen LogP contribution is 2.39. The lowest BCUT2D eigenvalue weighted by Gasteiger charge is -2.19. The highest BCUT2D eigenvalue weighted by atomic mass is 16.6. The topological polar surface area (TPSA) is 177 Å². The number of carbonyl (C=O) groups excluding carboxylic acids is 1. The van der Waals surface area contributed by atoms with Gasteiger partial charge in [0, 0.05) is 15.4 Å². The number of hydrogen-bond donors (Lipinski definition) is 0. The van der Waals surface area contributed by atoms with E-state index < -0.39 is 37.4 Å². The Morgan fingerprint density at radius 2 is 1.55 bits per heavy atom. The molecule has 0 N–H and O–H groups in total. The van der Waals surface area contributed by atoms with E-state index in [9.17, 15) is 35.1 Å². The zero-order valence-corrected chi connectivity index (χ0v) is 19.7. The minimum absolute atomic E-state index is 0.0745. The molecule has 4 rings (SSSR count). The van der Waals surface area contributed by atoms with Crippen molar-refractivity contribution in [1.29, 1.82) is 0 Å². The van der Waals surface area contributed by atoms with Crippen LogP contribution < -0.4 is 9.42 Å². The third-order valence-corrected chi connectivity index (χ3v) is 5.52. The molecule has 1 aromatic heterocycles. The smallest absolute Gasteiger partial charge is 0.270 e. The Bertz CT molecular complexity index is 1500. The second-order valence-electron chi connectivity index (χ2n) is 7.86. The third-order valence-electron chi connectivity index (χ3n) is 5.52. The van der Waals surface area contributed by atoms with Crippen molar-refractivity contribution in [2.24, 2.45) is 0 Å². The Morgan fingerprint density at radius 1 is 0.947 bits per heavy atom. The Kier molecular flexibility index (Phi) is 7.05. The van der Waals surface area contributed by atoms with E-state index in [1.54, 1.807) is 54.6 Å². The van der Waals surface area contributed by atoms with E-state index in [0.29, 0.717) is 29.0 Å². The van der Waals surface area contributed by atoms with Gasteiger partial charge >= 0.3 is 0 Å². The van der Waals surface area contributed by atoms with E-state index in [2.05, 4.69) is 5.10 Å². The van der Waals surface area contributed by atoms with E-state index in [0.717, 1.165) is 4.68 Å². The summed E-state index contributed by atoms with van der Waals surface area (Å²) in [7, 11) is 1.50. The normalized spacial score (nSPS) is 10.6. The van der Waals surface area contributed by atoms with E-state index in [1.807, 2.05) is 0 Å². The molecule has 0 aliphatic rings. The number of ketones is 1. The number of non-ortho nitro benzene ring substituents is 1. The van der Waals surface area contributed by atoms with Crippen LogP contribution in [0.5, 0.6) is 5.75 Å². The first-order valence-corrected chi connectivity index (χ1v) is 10.8. The van der Waals surface area contributed by atoms with E-state index in [-0.39, 0.29) is 18.4 Å². The first kappa shape index (κ1) is 25.4. The van der Waals surface area contributed by atoms with Gasteiger partial charge in [0.25, 0.3) is 5.69 Å². The van der Waals surface area contributed by atoms with Crippen molar-refractivity contribution >= 4 is 22.8 Å². The molecule has 192 valence electrons. The number of Topliss-reactive ketones (excluding diaryl/α,β-unsaturated/α-hetero) is 1. The SMILES string of the molecule is COc1ccc(C(=O)Cn2cn[n+]([C-](c3ccccc3)c3c([N+](=O)[O-])cc([N+](=O)[O-])cc3[N+](=O)[O-])c2)cc1. The second-order valence-corrected chi connectivity index (χ2v) is 7.86. The van der Waals surface area contributed by atoms with E-state index in [1.165, 1.54) is 24.3 Å². The molecule has 0 radical (unpaired) electrons. The minimum Gasteiger partial charge on any atom is -0.497 e. The predicted molar refractivity (Wildman–Crippen MR) is 129 cm³/mol. The molecule has 3 aromatic carbocycles. The third kappa shape index (κ3) is 5.13. The highest BCUT2D eigenvalue weighted by molar-refractivity contribution is 5.95. The number of rotatable bonds is 10. The highest BCUT2D eigenvalue weighted by Gasteiger charge is 2.35. The van der Waals surface area contributed by atoms with Crippen LogP contribution in [0.15, 0.2) is 79.4 Å². The molecule has 0 atom stereocenters. The summed E-state index contributed by atoms with van der Waals surface area (Å²) in [5.41, 5.74) is -2.26. The maximum absolute atomic E-state index is 12.8. The summed E-state index contributed by atoms with van der Waals surface area (Å²) in [5, 5.41) is 39.4. The van der Waals surface area contributed by atoms with Gasteiger partial charge in [-0.15, -0.1) is 12.1 Å². The van der Waals surface area contributed by atoms with Crippen molar-refractivity contribution in [2.45, 2.75) is 6.54 Å². The first-order valence-electron chi connectivity index (χ1n) is 10.8. The molecule has 0 fully saturated rings. The summed E-state index contributed by atoms with van der Waals surface area (Å²) in [6.45, 7) is -0.154. The van der Waals surface area contributed by atoms with Gasteiger partial charge in [0.2, 0.25) is 29.8 Å². The predicted octanol–water partition coefficient (Wildman–Crippen LogP) is 3.26. The maximum atomic E-state index is 12.8. The van der Waals surface area contributed by atoms with Crippen LogP contribution in [0.25, 0.3) is 0 Å². The summed E-state index contributed by atoms with van der Waals surface area (Å²) in [6.07, 6.45) is 2.63. The van der Waals surface area contributed by atoms with Crippen LogP contribution in [0.4, 0.5) is 17.1 Å². The van der Waals surface area contributed by atoms with Crippen LogP contribution in [0.3, 0.4) is 0 Å². The van der Waals surface area contributed by atoms with Gasteiger partial charge in [0.05, 0.1) is 29.7 Å². The first-order chi connectivity index (χ1) is 18.2. The summed E-state index contributed by atoms with van der Waals surface area (Å²) in [4.78, 5) is 45.2. The number of nitrogens with zero attached hydrogens (tertiary/aromatic N) is 6. The molecule has 0 aliphatic carbocycles. The number of ether oxygens (including phenoxy) is 1. The molecule has 0 bridgehead atoms. The molecule has 0 saturated carbocycles. The Balaban J connectivity index is 1.82. The molecule has 1 heterocycles. The standard InChI is InChI=1S/C24H18N6O8/c1-38-19-9-7-16(8-10-19)22(31)13-26-14-25-27(15-26)24(17-5-3-2-4-6-17)23-20(29(34)35)11-18(28(32)33)12-21(23)30(36)37/h2-12,14-15H,13H2,1H3. The number of aromatic nitrogens is 3. The molecule has 0 aliphatic heterocycles. The molecule has 38 heavy (non-hydrogen) atoms. The number of nitro benzene ring substituents is 3. The molecule has 0 saturated heterocycles. The molecule has 4 aromatic rings. The molecule has 0 unspecified atom stereocenters. The number of hydrogen-bond acceptors (Lipinski definition) is 9. The van der Waals surface area contributed by atoms with Crippen molar-refractivity contribution in [2.75, 3.05) is 7.11 Å². The average molecular weight is 518 g/mol. The van der Waals surface area contributed by atoms with Crippen LogP contribution in [-0.2, 0) is 6.54 Å². The van der Waals surface area contributed by atoms with Gasteiger partial charge < -0.3 is 4.74 Å². The molecular formula is C24H18N6O8. The number of benzene rings is 3. The Hall–Kier alpha value is -5.66. The molecule has 0 amide bonds. The molecule has 14 heteroatoms. The quantitative estimate of drug-likeness (QED) is 0.100. The van der Waals surface area contributed by atoms with Crippen molar-refractivity contribution in [3.63, 3.8) is 0 Å². The summed E-state index contributed by atoms with van der Waals surface area (Å²) < 4.78 is 7.64. The fraction of sp³-hybridized carbons (Fsp3) is 0.0833. The van der Waals surface area contributed by atoms with Gasteiger partial charge in [-0.1, -0.05) is 28.9 Å². The van der Waals surface area contributed by atoms with Crippen LogP contribution in [-0.4, -0.2) is 37.3 Å². The van der Waals surface area contributed by atoms with Crippen LogP contribution in [0.1, 0.15) is 21.5 Å². The molecule has 14 nitrogen and oxygen atoms in total.